The van der Waals surface area contributed by atoms with Crippen LogP contribution in [0.2, 0.25) is 0 Å². The SMILES string of the molecule is CC(C)CC(NC(=O)C[C@H](O)C(CC(C)C)NC(=O)C(Cc1cnc[nH]1)NC(=O)C(Cc1cccc2ccccc12)Cc1cccc2ccccc12)C(=O)NCCCCC(N)CO. The van der Waals surface area contributed by atoms with E-state index in [1.165, 1.54) is 6.33 Å². The molecule has 13 heteroatoms. The number of benzene rings is 4. The Labute approximate surface area is 371 Å². The fourth-order valence-electron chi connectivity index (χ4n) is 8.19. The zero-order chi connectivity index (χ0) is 45.3. The van der Waals surface area contributed by atoms with E-state index in [2.05, 4.69) is 67.6 Å². The van der Waals surface area contributed by atoms with Crippen molar-refractivity contribution in [3.8, 4) is 0 Å². The fraction of sp³-hybridized carbons (Fsp3) is 0.460. The number of rotatable bonds is 25. The first-order chi connectivity index (χ1) is 30.3. The van der Waals surface area contributed by atoms with Gasteiger partial charge in [-0.3, -0.25) is 19.2 Å². The number of unbranched alkanes of at least 4 members (excludes halogenated alkanes) is 1. The van der Waals surface area contributed by atoms with Gasteiger partial charge in [0.05, 0.1) is 31.5 Å². The van der Waals surface area contributed by atoms with Gasteiger partial charge in [0.1, 0.15) is 12.1 Å². The Kier molecular flexibility index (Phi) is 18.7. The molecule has 0 aliphatic carbocycles. The average molecular weight is 862 g/mol. The number of nitrogens with one attached hydrogen (secondary N) is 5. The summed E-state index contributed by atoms with van der Waals surface area (Å²) >= 11 is 0. The number of H-pyrrole nitrogens is 1. The molecule has 0 fully saturated rings. The van der Waals surface area contributed by atoms with Crippen molar-refractivity contribution in [3.05, 3.63) is 114 Å². The van der Waals surface area contributed by atoms with E-state index in [9.17, 15) is 24.3 Å². The minimum absolute atomic E-state index is 0.0332. The first-order valence-electron chi connectivity index (χ1n) is 22.4. The van der Waals surface area contributed by atoms with Crippen molar-refractivity contribution >= 4 is 45.2 Å². The van der Waals surface area contributed by atoms with Crippen LogP contribution in [0.4, 0.5) is 0 Å². The van der Waals surface area contributed by atoms with Crippen molar-refractivity contribution in [2.24, 2.45) is 23.5 Å². The Balaban J connectivity index is 1.33. The third kappa shape index (κ3) is 15.0. The molecule has 0 saturated carbocycles. The minimum atomic E-state index is -1.29. The van der Waals surface area contributed by atoms with Gasteiger partial charge in [0.15, 0.2) is 0 Å². The van der Waals surface area contributed by atoms with Gasteiger partial charge in [-0.05, 0) is 83.0 Å². The summed E-state index contributed by atoms with van der Waals surface area (Å²) in [5, 5.41) is 36.8. The molecule has 63 heavy (non-hydrogen) atoms. The van der Waals surface area contributed by atoms with Gasteiger partial charge in [-0.2, -0.15) is 0 Å². The second-order valence-corrected chi connectivity index (χ2v) is 17.7. The summed E-state index contributed by atoms with van der Waals surface area (Å²) in [6, 6.07) is 25.4. The highest BCUT2D eigenvalue weighted by Gasteiger charge is 2.32. The number of amides is 4. The number of nitrogens with two attached hydrogens (primary N) is 1. The molecule has 5 atom stereocenters. The highest BCUT2D eigenvalue weighted by Crippen LogP contribution is 2.27. The molecule has 4 aromatic carbocycles. The molecule has 1 aromatic heterocycles. The predicted octanol–water partition coefficient (Wildman–Crippen LogP) is 5.26. The average Bonchev–Trinajstić information content (AvgIpc) is 3.78. The minimum Gasteiger partial charge on any atom is -0.395 e. The van der Waals surface area contributed by atoms with Gasteiger partial charge in [0, 0.05) is 36.8 Å². The molecular formula is C50H67N7O6. The smallest absolute Gasteiger partial charge is 0.243 e. The van der Waals surface area contributed by atoms with Crippen LogP contribution in [-0.4, -0.2) is 87.2 Å². The van der Waals surface area contributed by atoms with Crippen LogP contribution >= 0.6 is 0 Å². The maximum absolute atomic E-state index is 14.7. The summed E-state index contributed by atoms with van der Waals surface area (Å²) in [6.07, 6.45) is 5.24. The van der Waals surface area contributed by atoms with Gasteiger partial charge in [-0.1, -0.05) is 119 Å². The Morgan fingerprint density at radius 2 is 1.30 bits per heavy atom. The standard InChI is InChI=1S/C50H67N7O6/c1-32(2)23-43(46(59)28-47(60)55-44(24-33(3)4)49(62)53-22-10-9-19-39(51)30-58)56-50(63)45(27-40-29-52-31-54-40)57-48(61)38(25-36-17-11-15-34-13-5-7-20-41(34)36)26-37-18-12-16-35-14-6-8-21-42(35)37/h5-8,11-18,20-21,29,31-33,38-39,43-46,58-59H,9-10,19,22-28,30,51H2,1-4H3,(H,52,54)(H,53,62)(H,55,60)(H,56,63)(H,57,61)/t39?,43?,44?,45?,46-/m0/s1. The van der Waals surface area contributed by atoms with Crippen LogP contribution in [0.3, 0.4) is 0 Å². The second-order valence-electron chi connectivity index (χ2n) is 17.7. The van der Waals surface area contributed by atoms with Crippen LogP contribution < -0.4 is 27.0 Å². The molecule has 338 valence electrons. The Bertz CT molecular complexity index is 2140. The lowest BCUT2D eigenvalue weighted by atomic mass is 9.87. The van der Waals surface area contributed by atoms with Crippen molar-refractivity contribution < 1.29 is 29.4 Å². The molecule has 0 spiro atoms. The summed E-state index contributed by atoms with van der Waals surface area (Å²) in [7, 11) is 0. The lowest BCUT2D eigenvalue weighted by Crippen LogP contribution is -2.55. The lowest BCUT2D eigenvalue weighted by Gasteiger charge is -2.29. The molecule has 0 aliphatic heterocycles. The van der Waals surface area contributed by atoms with E-state index in [1.807, 2.05) is 76.2 Å². The number of carbonyl (C=O) groups is 4. The Morgan fingerprint density at radius 1 is 0.698 bits per heavy atom. The predicted molar refractivity (Wildman–Crippen MR) is 248 cm³/mol. The molecule has 13 nitrogen and oxygen atoms in total. The van der Waals surface area contributed by atoms with Crippen LogP contribution in [0.15, 0.2) is 97.5 Å². The zero-order valence-electron chi connectivity index (χ0n) is 37.2. The topological polar surface area (TPSA) is 212 Å². The summed E-state index contributed by atoms with van der Waals surface area (Å²) in [6.45, 7) is 8.14. The van der Waals surface area contributed by atoms with Gasteiger partial charge in [-0.15, -0.1) is 0 Å². The Hall–Kier alpha value is -5.63. The van der Waals surface area contributed by atoms with E-state index in [0.717, 1.165) is 39.1 Å². The molecule has 5 rings (SSSR count). The monoisotopic (exact) mass is 862 g/mol. The van der Waals surface area contributed by atoms with Gasteiger partial charge in [0.2, 0.25) is 23.6 Å². The maximum Gasteiger partial charge on any atom is 0.243 e. The van der Waals surface area contributed by atoms with E-state index < -0.39 is 42.0 Å². The van der Waals surface area contributed by atoms with E-state index in [0.29, 0.717) is 50.8 Å². The van der Waals surface area contributed by atoms with Crippen molar-refractivity contribution in [3.63, 3.8) is 0 Å². The molecule has 0 bridgehead atoms. The number of carbonyl (C=O) groups excluding carboxylic acids is 4. The van der Waals surface area contributed by atoms with E-state index in [-0.39, 0.29) is 49.1 Å². The van der Waals surface area contributed by atoms with Gasteiger partial charge < -0.3 is 42.2 Å². The number of aliphatic hydroxyl groups is 2. The first kappa shape index (κ1) is 48.4. The molecule has 4 amide bonds. The zero-order valence-corrected chi connectivity index (χ0v) is 37.2. The van der Waals surface area contributed by atoms with Gasteiger partial charge in [-0.25, -0.2) is 4.98 Å². The number of hydrogen-bond donors (Lipinski definition) is 8. The molecule has 0 aliphatic rings. The van der Waals surface area contributed by atoms with Crippen LogP contribution in [0.1, 0.15) is 83.0 Å². The molecule has 1 heterocycles. The summed E-state index contributed by atoms with van der Waals surface area (Å²) in [5.74, 6) is -2.06. The van der Waals surface area contributed by atoms with E-state index in [4.69, 9.17) is 10.8 Å². The summed E-state index contributed by atoms with van der Waals surface area (Å²) in [5.41, 5.74) is 8.47. The number of hydrogen-bond acceptors (Lipinski definition) is 8. The number of aliphatic hydroxyl groups excluding tert-OH is 2. The van der Waals surface area contributed by atoms with Crippen LogP contribution in [0.25, 0.3) is 21.5 Å². The maximum atomic E-state index is 14.7. The number of fused-ring (bicyclic) bond motifs is 2. The van der Waals surface area contributed by atoms with Crippen molar-refractivity contribution in [1.82, 2.24) is 31.2 Å². The second kappa shape index (κ2) is 24.3. The first-order valence-corrected chi connectivity index (χ1v) is 22.4. The molecule has 5 aromatic rings. The largest absolute Gasteiger partial charge is 0.395 e. The van der Waals surface area contributed by atoms with Crippen molar-refractivity contribution in [2.45, 2.75) is 116 Å². The van der Waals surface area contributed by atoms with Gasteiger partial charge in [0.25, 0.3) is 0 Å². The van der Waals surface area contributed by atoms with Crippen LogP contribution in [-0.2, 0) is 38.4 Å². The van der Waals surface area contributed by atoms with Crippen molar-refractivity contribution in [2.75, 3.05) is 13.2 Å². The lowest BCUT2D eigenvalue weighted by molar-refractivity contribution is -0.133. The third-order valence-electron chi connectivity index (χ3n) is 11.5. The highest BCUT2D eigenvalue weighted by atomic mass is 16.3. The van der Waals surface area contributed by atoms with Crippen LogP contribution in [0, 0.1) is 17.8 Å². The Morgan fingerprint density at radius 3 is 1.87 bits per heavy atom. The normalized spacial score (nSPS) is 14.1. The molecule has 4 unspecified atom stereocenters. The number of aromatic nitrogens is 2. The van der Waals surface area contributed by atoms with E-state index >= 15 is 0 Å². The number of imidazole rings is 1. The number of aromatic amines is 1. The third-order valence-corrected chi connectivity index (χ3v) is 11.5. The molecule has 0 saturated heterocycles. The molecular weight excluding hydrogens is 795 g/mol. The van der Waals surface area contributed by atoms with E-state index in [1.54, 1.807) is 6.20 Å². The quantitative estimate of drug-likeness (QED) is 0.0362. The summed E-state index contributed by atoms with van der Waals surface area (Å²) in [4.78, 5) is 63.0. The van der Waals surface area contributed by atoms with Crippen LogP contribution in [0.5, 0.6) is 0 Å². The summed E-state index contributed by atoms with van der Waals surface area (Å²) < 4.78 is 0. The molecule has 0 radical (unpaired) electrons. The fourth-order valence-corrected chi connectivity index (χ4v) is 8.19. The number of nitrogens with zero attached hydrogens (tertiary/aromatic N) is 1. The van der Waals surface area contributed by atoms with Crippen molar-refractivity contribution in [1.29, 1.82) is 0 Å². The molecule has 9 N–H and O–H groups in total. The van der Waals surface area contributed by atoms with Gasteiger partial charge >= 0.3 is 0 Å². The highest BCUT2D eigenvalue weighted by molar-refractivity contribution is 5.92.